The number of nitrogens with one attached hydrogen (secondary N) is 1. The van der Waals surface area contributed by atoms with Gasteiger partial charge in [-0.3, -0.25) is 5.41 Å². The van der Waals surface area contributed by atoms with Crippen molar-refractivity contribution in [1.82, 2.24) is 0 Å². The summed E-state index contributed by atoms with van der Waals surface area (Å²) in [5.74, 6) is 1.27. The smallest absolute Gasteiger partial charge is 0.123 e. The van der Waals surface area contributed by atoms with Crippen LogP contribution in [-0.2, 0) is 0 Å². The Morgan fingerprint density at radius 1 is 1.53 bits per heavy atom. The molecule has 0 radical (unpaired) electrons. The van der Waals surface area contributed by atoms with Crippen LogP contribution in [0.1, 0.15) is 12.0 Å². The van der Waals surface area contributed by atoms with Crippen molar-refractivity contribution in [3.8, 4) is 0 Å². The van der Waals surface area contributed by atoms with Gasteiger partial charge in [0, 0.05) is 29.3 Å². The van der Waals surface area contributed by atoms with Crippen molar-refractivity contribution in [2.75, 3.05) is 30.5 Å². The van der Waals surface area contributed by atoms with Gasteiger partial charge in [0.2, 0.25) is 0 Å². The van der Waals surface area contributed by atoms with Gasteiger partial charge in [-0.2, -0.15) is 11.8 Å². The van der Waals surface area contributed by atoms with Crippen LogP contribution in [0.2, 0.25) is 0 Å². The first-order valence-corrected chi connectivity index (χ1v) is 7.59. The number of benzene rings is 1. The molecule has 0 fully saturated rings. The monoisotopic (exact) mass is 315 g/mol. The van der Waals surface area contributed by atoms with Crippen LogP contribution < -0.4 is 10.6 Å². The lowest BCUT2D eigenvalue weighted by molar-refractivity contribution is 0.860. The van der Waals surface area contributed by atoms with Crippen molar-refractivity contribution in [2.45, 2.75) is 6.42 Å². The molecule has 0 bridgehead atoms. The molecule has 0 heterocycles. The Balaban J connectivity index is 2.72. The molecule has 0 aliphatic rings. The molecule has 1 aromatic rings. The zero-order valence-corrected chi connectivity index (χ0v) is 12.6. The maximum atomic E-state index is 7.42. The van der Waals surface area contributed by atoms with Gasteiger partial charge in [-0.1, -0.05) is 0 Å². The first-order chi connectivity index (χ1) is 8.06. The van der Waals surface area contributed by atoms with E-state index < -0.39 is 0 Å². The van der Waals surface area contributed by atoms with Gasteiger partial charge in [0.05, 0.1) is 0 Å². The zero-order chi connectivity index (χ0) is 12.8. The van der Waals surface area contributed by atoms with E-state index in [9.17, 15) is 0 Å². The maximum Gasteiger partial charge on any atom is 0.123 e. The van der Waals surface area contributed by atoms with E-state index in [4.69, 9.17) is 11.1 Å². The molecule has 0 amide bonds. The molecular formula is C12H18BrN3S. The second-order valence-electron chi connectivity index (χ2n) is 3.85. The molecule has 3 N–H and O–H groups in total. The van der Waals surface area contributed by atoms with Crippen LogP contribution in [0.15, 0.2) is 22.7 Å². The van der Waals surface area contributed by atoms with E-state index in [-0.39, 0.29) is 5.84 Å². The number of halogens is 1. The highest BCUT2D eigenvalue weighted by molar-refractivity contribution is 9.10. The third kappa shape index (κ3) is 4.24. The molecular weight excluding hydrogens is 298 g/mol. The number of rotatable bonds is 6. The Kier molecular flexibility index (Phi) is 5.85. The van der Waals surface area contributed by atoms with E-state index in [1.165, 1.54) is 12.2 Å². The van der Waals surface area contributed by atoms with Crippen LogP contribution in [0.3, 0.4) is 0 Å². The third-order valence-corrected chi connectivity index (χ3v) is 3.88. The summed E-state index contributed by atoms with van der Waals surface area (Å²) in [6.45, 7) is 1.03. The van der Waals surface area contributed by atoms with Crippen molar-refractivity contribution < 1.29 is 0 Å². The SMILES string of the molecule is CSCCCN(C)c1ccc(C(=N)N)c(Br)c1. The van der Waals surface area contributed by atoms with Crippen LogP contribution in [-0.4, -0.2) is 31.4 Å². The fourth-order valence-electron chi connectivity index (χ4n) is 1.54. The fraction of sp³-hybridized carbons (Fsp3) is 0.417. The molecule has 0 saturated carbocycles. The number of amidine groups is 1. The topological polar surface area (TPSA) is 53.1 Å². The first-order valence-electron chi connectivity index (χ1n) is 5.40. The molecule has 0 unspecified atom stereocenters. The summed E-state index contributed by atoms with van der Waals surface area (Å²) < 4.78 is 0.874. The predicted molar refractivity (Wildman–Crippen MR) is 81.4 cm³/mol. The average Bonchev–Trinajstić information content (AvgIpc) is 2.28. The molecule has 0 saturated heterocycles. The number of thioether (sulfide) groups is 1. The van der Waals surface area contributed by atoms with E-state index in [2.05, 4.69) is 34.1 Å². The number of hydrogen-bond acceptors (Lipinski definition) is 3. The minimum absolute atomic E-state index is 0.0912. The van der Waals surface area contributed by atoms with Crippen molar-refractivity contribution in [1.29, 1.82) is 5.41 Å². The molecule has 0 spiro atoms. The second-order valence-corrected chi connectivity index (χ2v) is 5.69. The molecule has 1 aromatic carbocycles. The maximum absolute atomic E-state index is 7.42. The number of hydrogen-bond donors (Lipinski definition) is 2. The largest absolute Gasteiger partial charge is 0.384 e. The lowest BCUT2D eigenvalue weighted by Gasteiger charge is -2.20. The fourth-order valence-corrected chi connectivity index (χ4v) is 2.53. The average molecular weight is 316 g/mol. The summed E-state index contributed by atoms with van der Waals surface area (Å²) in [5.41, 5.74) is 7.36. The van der Waals surface area contributed by atoms with Crippen LogP contribution in [0.25, 0.3) is 0 Å². The molecule has 0 aromatic heterocycles. The van der Waals surface area contributed by atoms with Crippen LogP contribution in [0, 0.1) is 5.41 Å². The summed E-state index contributed by atoms with van der Waals surface area (Å²) in [6, 6.07) is 5.89. The molecule has 94 valence electrons. The lowest BCUT2D eigenvalue weighted by atomic mass is 10.2. The zero-order valence-electron chi connectivity index (χ0n) is 10.2. The van der Waals surface area contributed by atoms with E-state index >= 15 is 0 Å². The van der Waals surface area contributed by atoms with Crippen molar-refractivity contribution >= 4 is 39.2 Å². The van der Waals surface area contributed by atoms with Gasteiger partial charge >= 0.3 is 0 Å². The number of nitrogen functional groups attached to an aromatic ring is 1. The predicted octanol–water partition coefficient (Wildman–Crippen LogP) is 2.92. The number of nitrogens with two attached hydrogens (primary N) is 1. The molecule has 3 nitrogen and oxygen atoms in total. The minimum Gasteiger partial charge on any atom is -0.384 e. The first kappa shape index (κ1) is 14.4. The molecule has 0 aliphatic carbocycles. The van der Waals surface area contributed by atoms with Gasteiger partial charge in [0.1, 0.15) is 5.84 Å². The third-order valence-electron chi connectivity index (χ3n) is 2.53. The summed E-state index contributed by atoms with van der Waals surface area (Å²) in [5, 5.41) is 7.42. The van der Waals surface area contributed by atoms with E-state index in [1.54, 1.807) is 0 Å². The van der Waals surface area contributed by atoms with E-state index in [0.29, 0.717) is 0 Å². The minimum atomic E-state index is 0.0912. The van der Waals surface area contributed by atoms with Crippen molar-refractivity contribution in [3.63, 3.8) is 0 Å². The summed E-state index contributed by atoms with van der Waals surface area (Å²) >= 11 is 5.31. The summed E-state index contributed by atoms with van der Waals surface area (Å²) in [6.07, 6.45) is 3.29. The van der Waals surface area contributed by atoms with E-state index in [0.717, 1.165) is 22.3 Å². The van der Waals surface area contributed by atoms with Crippen LogP contribution in [0.4, 0.5) is 5.69 Å². The Morgan fingerprint density at radius 2 is 2.24 bits per heavy atom. The molecule has 17 heavy (non-hydrogen) atoms. The van der Waals surface area contributed by atoms with Gasteiger partial charge in [0.25, 0.3) is 0 Å². The van der Waals surface area contributed by atoms with Gasteiger partial charge in [-0.05, 0) is 52.6 Å². The van der Waals surface area contributed by atoms with E-state index in [1.807, 2.05) is 30.0 Å². The van der Waals surface area contributed by atoms with Crippen molar-refractivity contribution in [2.24, 2.45) is 5.73 Å². The summed E-state index contributed by atoms with van der Waals surface area (Å²) in [4.78, 5) is 2.21. The number of anilines is 1. The van der Waals surface area contributed by atoms with Gasteiger partial charge in [-0.15, -0.1) is 0 Å². The highest BCUT2D eigenvalue weighted by atomic mass is 79.9. The number of nitrogens with zero attached hydrogens (tertiary/aromatic N) is 1. The Morgan fingerprint density at radius 3 is 2.76 bits per heavy atom. The van der Waals surface area contributed by atoms with Gasteiger partial charge in [0.15, 0.2) is 0 Å². The quantitative estimate of drug-likeness (QED) is 0.482. The second kappa shape index (κ2) is 6.91. The highest BCUT2D eigenvalue weighted by Gasteiger charge is 2.06. The normalized spacial score (nSPS) is 10.3. The highest BCUT2D eigenvalue weighted by Crippen LogP contribution is 2.23. The lowest BCUT2D eigenvalue weighted by Crippen LogP contribution is -2.19. The summed E-state index contributed by atoms with van der Waals surface area (Å²) in [7, 11) is 2.08. The molecule has 0 aliphatic heterocycles. The Hall–Kier alpha value is -0.680. The van der Waals surface area contributed by atoms with Gasteiger partial charge < -0.3 is 10.6 Å². The molecule has 5 heteroatoms. The Labute approximate surface area is 115 Å². The molecule has 0 atom stereocenters. The van der Waals surface area contributed by atoms with Crippen LogP contribution in [0.5, 0.6) is 0 Å². The molecule has 1 rings (SSSR count). The van der Waals surface area contributed by atoms with Gasteiger partial charge in [-0.25, -0.2) is 0 Å². The Bertz CT molecular complexity index is 395. The van der Waals surface area contributed by atoms with Crippen LogP contribution >= 0.6 is 27.7 Å². The standard InChI is InChI=1S/C12H18BrN3S/c1-16(6-3-7-17-2)9-4-5-10(12(14)15)11(13)8-9/h4-5,8H,3,6-7H2,1-2H3,(H3,14,15). The van der Waals surface area contributed by atoms with Crippen molar-refractivity contribution in [3.05, 3.63) is 28.2 Å².